The van der Waals surface area contributed by atoms with E-state index in [2.05, 4.69) is 19.9 Å². The summed E-state index contributed by atoms with van der Waals surface area (Å²) in [5, 5.41) is 21.0. The van der Waals surface area contributed by atoms with Crippen LogP contribution in [-0.4, -0.2) is 22.9 Å². The van der Waals surface area contributed by atoms with Crippen LogP contribution in [0, 0.1) is 34.5 Å². The summed E-state index contributed by atoms with van der Waals surface area (Å²) >= 11 is 0. The quantitative estimate of drug-likeness (QED) is 0.721. The minimum absolute atomic E-state index is 0.0655. The highest BCUT2D eigenvalue weighted by molar-refractivity contribution is 5.26. The summed E-state index contributed by atoms with van der Waals surface area (Å²) in [5.41, 5.74) is 1.80. The van der Waals surface area contributed by atoms with E-state index in [9.17, 15) is 10.2 Å². The highest BCUT2D eigenvalue weighted by Gasteiger charge is 2.60. The summed E-state index contributed by atoms with van der Waals surface area (Å²) < 4.78 is 0. The van der Waals surface area contributed by atoms with E-state index in [-0.39, 0.29) is 16.9 Å². The van der Waals surface area contributed by atoms with Crippen LogP contribution in [0.4, 0.5) is 0 Å². The van der Waals surface area contributed by atoms with Crippen molar-refractivity contribution in [2.45, 2.75) is 71.3 Å². The van der Waals surface area contributed by atoms with Gasteiger partial charge in [0, 0.05) is 5.41 Å². The van der Waals surface area contributed by atoms with Crippen molar-refractivity contribution in [2.75, 3.05) is 6.61 Å². The molecule has 22 heavy (non-hydrogen) atoms. The lowest BCUT2D eigenvalue weighted by Crippen LogP contribution is -2.55. The molecule has 3 fully saturated rings. The van der Waals surface area contributed by atoms with Crippen molar-refractivity contribution >= 4 is 0 Å². The zero-order valence-electron chi connectivity index (χ0n) is 14.2. The third-order valence-corrected chi connectivity index (χ3v) is 8.53. The molecule has 2 nitrogen and oxygen atoms in total. The second kappa shape index (κ2) is 5.08. The zero-order chi connectivity index (χ0) is 15.5. The molecule has 124 valence electrons. The minimum atomic E-state index is -0.0933. The second-order valence-corrected chi connectivity index (χ2v) is 8.96. The number of aliphatic hydroxyl groups excluding tert-OH is 2. The first-order valence-corrected chi connectivity index (χ1v) is 9.52. The molecule has 0 aliphatic heterocycles. The fourth-order valence-corrected chi connectivity index (χ4v) is 7.21. The fraction of sp³-hybridized carbons (Fsp3) is 0.900. The molecule has 0 heterocycles. The van der Waals surface area contributed by atoms with Crippen LogP contribution in [0.5, 0.6) is 0 Å². The Kier molecular flexibility index (Phi) is 3.51. The van der Waals surface area contributed by atoms with Crippen LogP contribution in [0.15, 0.2) is 11.6 Å². The number of fused-ring (bicyclic) bond motifs is 5. The first-order chi connectivity index (χ1) is 10.5. The van der Waals surface area contributed by atoms with Crippen molar-refractivity contribution in [1.29, 1.82) is 0 Å². The van der Waals surface area contributed by atoms with Crippen LogP contribution in [0.1, 0.15) is 65.2 Å². The molecule has 0 spiro atoms. The maximum absolute atomic E-state index is 10.5. The van der Waals surface area contributed by atoms with E-state index in [1.807, 2.05) is 0 Å². The van der Waals surface area contributed by atoms with E-state index < -0.39 is 0 Å². The first-order valence-electron chi connectivity index (χ1n) is 9.52. The van der Waals surface area contributed by atoms with Gasteiger partial charge in [-0.1, -0.05) is 25.5 Å². The van der Waals surface area contributed by atoms with Gasteiger partial charge in [0.15, 0.2) is 0 Å². The SMILES string of the molecule is C[C@H]1CCC=C2CC[C@H]3[C@@H]4CC[C@H](O)[C@@]4(C)CC[C@@H]3[C@]21CO. The molecule has 0 bridgehead atoms. The van der Waals surface area contributed by atoms with Gasteiger partial charge in [-0.2, -0.15) is 0 Å². The zero-order valence-corrected chi connectivity index (χ0v) is 14.2. The van der Waals surface area contributed by atoms with Crippen molar-refractivity contribution in [1.82, 2.24) is 0 Å². The second-order valence-electron chi connectivity index (χ2n) is 8.96. The summed E-state index contributed by atoms with van der Waals surface area (Å²) in [7, 11) is 0. The van der Waals surface area contributed by atoms with Crippen LogP contribution in [0.2, 0.25) is 0 Å². The fourth-order valence-electron chi connectivity index (χ4n) is 7.21. The maximum Gasteiger partial charge on any atom is 0.0596 e. The monoisotopic (exact) mass is 304 g/mol. The van der Waals surface area contributed by atoms with E-state index in [0.717, 1.165) is 18.8 Å². The molecule has 0 unspecified atom stereocenters. The van der Waals surface area contributed by atoms with Crippen molar-refractivity contribution in [3.63, 3.8) is 0 Å². The van der Waals surface area contributed by atoms with E-state index in [1.165, 1.54) is 38.5 Å². The molecule has 7 atom stereocenters. The smallest absolute Gasteiger partial charge is 0.0596 e. The van der Waals surface area contributed by atoms with E-state index in [0.29, 0.717) is 24.4 Å². The number of hydrogen-bond donors (Lipinski definition) is 2. The van der Waals surface area contributed by atoms with Gasteiger partial charge < -0.3 is 10.2 Å². The topological polar surface area (TPSA) is 40.5 Å². The Morgan fingerprint density at radius 1 is 1.14 bits per heavy atom. The Morgan fingerprint density at radius 2 is 1.95 bits per heavy atom. The Balaban J connectivity index is 1.73. The van der Waals surface area contributed by atoms with Crippen molar-refractivity contribution in [3.05, 3.63) is 11.6 Å². The summed E-state index contributed by atoms with van der Waals surface area (Å²) in [4.78, 5) is 0. The third kappa shape index (κ3) is 1.74. The molecular weight excluding hydrogens is 272 g/mol. The van der Waals surface area contributed by atoms with Crippen LogP contribution in [-0.2, 0) is 0 Å². The predicted octanol–water partition coefficient (Wildman–Crippen LogP) is 3.92. The first kappa shape index (κ1) is 15.2. The van der Waals surface area contributed by atoms with Gasteiger partial charge in [-0.3, -0.25) is 0 Å². The maximum atomic E-state index is 10.5. The van der Waals surface area contributed by atoms with Crippen molar-refractivity contribution < 1.29 is 10.2 Å². The number of hydrogen-bond acceptors (Lipinski definition) is 2. The minimum Gasteiger partial charge on any atom is -0.395 e. The lowest BCUT2D eigenvalue weighted by molar-refractivity contribution is -0.105. The van der Waals surface area contributed by atoms with Gasteiger partial charge in [0.2, 0.25) is 0 Å². The van der Waals surface area contributed by atoms with E-state index in [4.69, 9.17) is 0 Å². The molecule has 0 amide bonds. The van der Waals surface area contributed by atoms with Crippen LogP contribution < -0.4 is 0 Å². The summed E-state index contributed by atoms with van der Waals surface area (Å²) in [6, 6.07) is 0. The molecule has 3 saturated carbocycles. The lowest BCUT2D eigenvalue weighted by atomic mass is 9.45. The molecule has 0 aromatic heterocycles. The number of aliphatic hydroxyl groups is 2. The summed E-state index contributed by atoms with van der Waals surface area (Å²) in [5.74, 6) is 2.67. The van der Waals surface area contributed by atoms with Gasteiger partial charge in [0.05, 0.1) is 12.7 Å². The summed E-state index contributed by atoms with van der Waals surface area (Å²) in [6.07, 6.45) is 11.8. The van der Waals surface area contributed by atoms with E-state index >= 15 is 0 Å². The van der Waals surface area contributed by atoms with Gasteiger partial charge >= 0.3 is 0 Å². The molecule has 4 rings (SSSR count). The molecular formula is C20H32O2. The van der Waals surface area contributed by atoms with Crippen LogP contribution in [0.25, 0.3) is 0 Å². The molecule has 0 aromatic carbocycles. The molecule has 2 N–H and O–H groups in total. The number of allylic oxidation sites excluding steroid dienone is 1. The van der Waals surface area contributed by atoms with Gasteiger partial charge in [-0.25, -0.2) is 0 Å². The molecule has 2 heteroatoms. The Bertz CT molecular complexity index is 484. The third-order valence-electron chi connectivity index (χ3n) is 8.53. The predicted molar refractivity (Wildman–Crippen MR) is 88.3 cm³/mol. The van der Waals surface area contributed by atoms with Gasteiger partial charge in [0.1, 0.15) is 0 Å². The average Bonchev–Trinajstić information content (AvgIpc) is 2.83. The largest absolute Gasteiger partial charge is 0.395 e. The van der Waals surface area contributed by atoms with E-state index in [1.54, 1.807) is 5.57 Å². The normalized spacial score (nSPS) is 54.2. The molecule has 0 saturated heterocycles. The highest BCUT2D eigenvalue weighted by Crippen LogP contribution is 2.66. The molecule has 0 aromatic rings. The standard InChI is InChI=1S/C20H32O2/c1-13-4-3-5-14-6-7-15-16-8-9-18(22)19(16,2)11-10-17(15)20(13,14)12-21/h5,13,15-18,21-22H,3-4,6-12H2,1-2H3/t13-,15-,16-,17-,18-,19-,20-/m0/s1. The molecule has 4 aliphatic carbocycles. The average molecular weight is 304 g/mol. The lowest BCUT2D eigenvalue weighted by Gasteiger charge is -2.60. The molecule has 0 radical (unpaired) electrons. The van der Waals surface area contributed by atoms with Crippen LogP contribution in [0.3, 0.4) is 0 Å². The van der Waals surface area contributed by atoms with Crippen molar-refractivity contribution in [2.24, 2.45) is 34.5 Å². The van der Waals surface area contributed by atoms with Gasteiger partial charge in [-0.15, -0.1) is 0 Å². The highest BCUT2D eigenvalue weighted by atomic mass is 16.3. The summed E-state index contributed by atoms with van der Waals surface area (Å²) in [6.45, 7) is 5.06. The molecule has 4 aliphatic rings. The Morgan fingerprint density at radius 3 is 2.73 bits per heavy atom. The number of rotatable bonds is 1. The van der Waals surface area contributed by atoms with Gasteiger partial charge in [-0.05, 0) is 80.5 Å². The van der Waals surface area contributed by atoms with Crippen molar-refractivity contribution in [3.8, 4) is 0 Å². The van der Waals surface area contributed by atoms with Crippen LogP contribution >= 0.6 is 0 Å². The van der Waals surface area contributed by atoms with Gasteiger partial charge in [0.25, 0.3) is 0 Å². The Hall–Kier alpha value is -0.340. The Labute approximate surface area is 135 Å².